The highest BCUT2D eigenvalue weighted by molar-refractivity contribution is 9.10. The number of ether oxygens (including phenoxy) is 2. The maximum absolute atomic E-state index is 6.22. The molecule has 3 aromatic carbocycles. The molecule has 0 bridgehead atoms. The van der Waals surface area contributed by atoms with Gasteiger partial charge in [0.05, 0.1) is 27.9 Å². The second kappa shape index (κ2) is 10.1. The lowest BCUT2D eigenvalue weighted by molar-refractivity contribution is 0.284. The van der Waals surface area contributed by atoms with Gasteiger partial charge < -0.3 is 14.8 Å². The second-order valence-electron chi connectivity index (χ2n) is 6.11. The average molecular weight is 536 g/mol. The molecule has 0 atom stereocenters. The maximum atomic E-state index is 6.22. The fraction of sp³-hybridized carbons (Fsp3) is 0.143. The number of nitrogens with one attached hydrogen (secondary N) is 1. The highest BCUT2D eigenvalue weighted by Gasteiger charge is 2.12. The Balaban J connectivity index is 1.73. The largest absolute Gasteiger partial charge is 0.493 e. The molecule has 0 aliphatic rings. The van der Waals surface area contributed by atoms with Gasteiger partial charge in [-0.25, -0.2) is 0 Å². The van der Waals surface area contributed by atoms with Crippen LogP contribution in [-0.2, 0) is 13.2 Å². The zero-order valence-corrected chi connectivity index (χ0v) is 19.8. The molecule has 1 N–H and O–H groups in total. The number of halogens is 5. The van der Waals surface area contributed by atoms with Crippen LogP contribution < -0.4 is 14.8 Å². The van der Waals surface area contributed by atoms with E-state index in [1.54, 1.807) is 31.4 Å². The van der Waals surface area contributed by atoms with E-state index in [4.69, 9.17) is 55.9 Å². The summed E-state index contributed by atoms with van der Waals surface area (Å²) in [6, 6.07) is 14.5. The Morgan fingerprint density at radius 2 is 1.66 bits per heavy atom. The first kappa shape index (κ1) is 22.4. The summed E-state index contributed by atoms with van der Waals surface area (Å²) in [5.41, 5.74) is 2.68. The first-order valence-electron chi connectivity index (χ1n) is 8.49. The molecule has 0 amide bonds. The Kier molecular flexibility index (Phi) is 7.83. The predicted molar refractivity (Wildman–Crippen MR) is 125 cm³/mol. The quantitative estimate of drug-likeness (QED) is 0.330. The fourth-order valence-electron chi connectivity index (χ4n) is 2.60. The van der Waals surface area contributed by atoms with Crippen LogP contribution in [-0.4, -0.2) is 7.11 Å². The van der Waals surface area contributed by atoms with Gasteiger partial charge in [0.25, 0.3) is 0 Å². The maximum Gasteiger partial charge on any atom is 0.162 e. The van der Waals surface area contributed by atoms with Gasteiger partial charge in [-0.3, -0.25) is 0 Å². The molecule has 152 valence electrons. The van der Waals surface area contributed by atoms with E-state index in [2.05, 4.69) is 21.2 Å². The summed E-state index contributed by atoms with van der Waals surface area (Å²) in [5.74, 6) is 1.23. The van der Waals surface area contributed by atoms with Crippen molar-refractivity contribution in [2.45, 2.75) is 13.2 Å². The SMILES string of the molecule is COc1cc(CNc2ccc(Cl)cc2Cl)c(Br)cc1OCc1ccc(Cl)c(Cl)c1. The predicted octanol–water partition coefficient (Wildman–Crippen LogP) is 8.26. The van der Waals surface area contributed by atoms with Gasteiger partial charge in [0.2, 0.25) is 0 Å². The first-order chi connectivity index (χ1) is 13.9. The molecular formula is C21H16BrCl4NO2. The normalized spacial score (nSPS) is 10.7. The van der Waals surface area contributed by atoms with Crippen LogP contribution in [0, 0.1) is 0 Å². The van der Waals surface area contributed by atoms with Crippen LogP contribution in [0.4, 0.5) is 5.69 Å². The minimum Gasteiger partial charge on any atom is -0.493 e. The minimum atomic E-state index is 0.331. The van der Waals surface area contributed by atoms with Crippen molar-refractivity contribution in [2.75, 3.05) is 12.4 Å². The van der Waals surface area contributed by atoms with Crippen molar-refractivity contribution < 1.29 is 9.47 Å². The van der Waals surface area contributed by atoms with Crippen molar-refractivity contribution in [2.24, 2.45) is 0 Å². The topological polar surface area (TPSA) is 30.5 Å². The summed E-state index contributed by atoms with van der Waals surface area (Å²) < 4.78 is 12.3. The van der Waals surface area contributed by atoms with Gasteiger partial charge in [0, 0.05) is 16.0 Å². The number of methoxy groups -OCH3 is 1. The highest BCUT2D eigenvalue weighted by atomic mass is 79.9. The molecule has 0 fully saturated rings. The zero-order chi connectivity index (χ0) is 21.0. The third-order valence-corrected chi connectivity index (χ3v) is 6.14. The van der Waals surface area contributed by atoms with Gasteiger partial charge in [-0.15, -0.1) is 0 Å². The van der Waals surface area contributed by atoms with Crippen LogP contribution in [0.2, 0.25) is 20.1 Å². The summed E-state index contributed by atoms with van der Waals surface area (Å²) in [6.45, 7) is 0.864. The molecule has 0 heterocycles. The molecule has 3 nitrogen and oxygen atoms in total. The van der Waals surface area contributed by atoms with E-state index >= 15 is 0 Å². The number of rotatable bonds is 7. The van der Waals surface area contributed by atoms with Crippen LogP contribution in [0.1, 0.15) is 11.1 Å². The van der Waals surface area contributed by atoms with Gasteiger partial charge in [-0.2, -0.15) is 0 Å². The summed E-state index contributed by atoms with van der Waals surface area (Å²) in [5, 5.41) is 5.44. The molecule has 0 saturated heterocycles. The number of anilines is 1. The number of hydrogen-bond acceptors (Lipinski definition) is 3. The molecule has 8 heteroatoms. The van der Waals surface area contributed by atoms with Crippen LogP contribution in [0.5, 0.6) is 11.5 Å². The summed E-state index contributed by atoms with van der Waals surface area (Å²) in [7, 11) is 1.60. The number of hydrogen-bond donors (Lipinski definition) is 1. The average Bonchev–Trinajstić information content (AvgIpc) is 2.69. The second-order valence-corrected chi connectivity index (χ2v) is 8.62. The first-order valence-corrected chi connectivity index (χ1v) is 10.8. The van der Waals surface area contributed by atoms with Gasteiger partial charge in [-0.05, 0) is 53.6 Å². The Morgan fingerprint density at radius 1 is 0.862 bits per heavy atom. The lowest BCUT2D eigenvalue weighted by atomic mass is 10.2. The molecule has 0 unspecified atom stereocenters. The molecule has 0 aliphatic carbocycles. The molecule has 29 heavy (non-hydrogen) atoms. The fourth-order valence-corrected chi connectivity index (χ4v) is 3.86. The monoisotopic (exact) mass is 533 g/mol. The molecule has 3 aromatic rings. The van der Waals surface area contributed by atoms with E-state index in [0.717, 1.165) is 21.3 Å². The van der Waals surface area contributed by atoms with E-state index in [0.29, 0.717) is 44.7 Å². The van der Waals surface area contributed by atoms with Gasteiger partial charge >= 0.3 is 0 Å². The van der Waals surface area contributed by atoms with E-state index in [1.165, 1.54) is 0 Å². The Hall–Kier alpha value is -1.30. The molecule has 0 spiro atoms. The lowest BCUT2D eigenvalue weighted by Crippen LogP contribution is -2.03. The molecule has 0 radical (unpaired) electrons. The number of benzene rings is 3. The minimum absolute atomic E-state index is 0.331. The van der Waals surface area contributed by atoms with Crippen molar-refractivity contribution in [3.8, 4) is 11.5 Å². The third kappa shape index (κ3) is 5.87. The summed E-state index contributed by atoms with van der Waals surface area (Å²) in [6.07, 6.45) is 0. The van der Waals surface area contributed by atoms with E-state index < -0.39 is 0 Å². The van der Waals surface area contributed by atoms with E-state index in [1.807, 2.05) is 24.3 Å². The third-order valence-electron chi connectivity index (χ3n) is 4.11. The zero-order valence-electron chi connectivity index (χ0n) is 15.2. The van der Waals surface area contributed by atoms with Crippen molar-refractivity contribution in [1.82, 2.24) is 0 Å². The van der Waals surface area contributed by atoms with Gasteiger partial charge in [0.1, 0.15) is 6.61 Å². The Morgan fingerprint density at radius 3 is 2.34 bits per heavy atom. The van der Waals surface area contributed by atoms with E-state index in [9.17, 15) is 0 Å². The van der Waals surface area contributed by atoms with Crippen LogP contribution in [0.3, 0.4) is 0 Å². The smallest absolute Gasteiger partial charge is 0.162 e. The van der Waals surface area contributed by atoms with Crippen molar-refractivity contribution in [1.29, 1.82) is 0 Å². The summed E-state index contributed by atoms with van der Waals surface area (Å²) in [4.78, 5) is 0. The molecule has 0 aliphatic heterocycles. The Bertz CT molecular complexity index is 1030. The standard InChI is InChI=1S/C21H16BrCl4NO2/c1-28-20-7-13(10-27-19-5-3-14(23)8-18(19)26)15(22)9-21(20)29-11-12-2-4-16(24)17(25)6-12/h2-9,27H,10-11H2,1H3. The van der Waals surface area contributed by atoms with Gasteiger partial charge in [0.15, 0.2) is 11.5 Å². The van der Waals surface area contributed by atoms with Crippen molar-refractivity contribution >= 4 is 68.0 Å². The molecule has 0 aromatic heterocycles. The molecule has 0 saturated carbocycles. The van der Waals surface area contributed by atoms with Crippen LogP contribution in [0.25, 0.3) is 0 Å². The molecular weight excluding hydrogens is 520 g/mol. The van der Waals surface area contributed by atoms with E-state index in [-0.39, 0.29) is 0 Å². The summed E-state index contributed by atoms with van der Waals surface area (Å²) >= 11 is 27.8. The van der Waals surface area contributed by atoms with Crippen molar-refractivity contribution in [3.63, 3.8) is 0 Å². The van der Waals surface area contributed by atoms with Crippen LogP contribution >= 0.6 is 62.3 Å². The van der Waals surface area contributed by atoms with Gasteiger partial charge in [-0.1, -0.05) is 68.4 Å². The Labute approximate surface area is 197 Å². The van der Waals surface area contributed by atoms with Crippen LogP contribution in [0.15, 0.2) is 53.0 Å². The van der Waals surface area contributed by atoms with Crippen molar-refractivity contribution in [3.05, 3.63) is 84.2 Å². The lowest BCUT2D eigenvalue weighted by Gasteiger charge is -2.15. The molecule has 3 rings (SSSR count). The highest BCUT2D eigenvalue weighted by Crippen LogP contribution is 2.35.